The fraction of sp³-hybridized carbons (Fsp3) is 0.111. The molecular formula is C9H5FN2O3. The number of Topliss-reactive ketones (excluding diaryl/α,β-unsaturated/α-hetero) is 1. The van der Waals surface area contributed by atoms with E-state index in [9.17, 15) is 19.3 Å². The van der Waals surface area contributed by atoms with E-state index in [2.05, 4.69) is 0 Å². The molecule has 0 saturated carbocycles. The number of rotatable bonds is 2. The molecule has 1 rings (SSSR count). The average Bonchev–Trinajstić information content (AvgIpc) is 2.15. The van der Waals surface area contributed by atoms with Crippen molar-refractivity contribution < 1.29 is 14.1 Å². The zero-order chi connectivity index (χ0) is 11.6. The number of benzene rings is 1. The van der Waals surface area contributed by atoms with Crippen molar-refractivity contribution in [3.63, 3.8) is 0 Å². The highest BCUT2D eigenvalue weighted by Gasteiger charge is 2.23. The van der Waals surface area contributed by atoms with E-state index in [-0.39, 0.29) is 5.56 Å². The lowest BCUT2D eigenvalue weighted by Crippen LogP contribution is -2.04. The molecule has 0 spiro atoms. The maximum absolute atomic E-state index is 13.4. The molecule has 0 saturated heterocycles. The van der Waals surface area contributed by atoms with E-state index in [1.165, 1.54) is 0 Å². The lowest BCUT2D eigenvalue weighted by atomic mass is 10.0. The first-order chi connectivity index (χ1) is 6.99. The van der Waals surface area contributed by atoms with Gasteiger partial charge in [0, 0.05) is 6.07 Å². The molecule has 0 N–H and O–H groups in total. The van der Waals surface area contributed by atoms with Crippen molar-refractivity contribution in [2.75, 3.05) is 0 Å². The Kier molecular flexibility index (Phi) is 2.76. The van der Waals surface area contributed by atoms with Gasteiger partial charge < -0.3 is 0 Å². The van der Waals surface area contributed by atoms with Crippen molar-refractivity contribution in [1.29, 1.82) is 5.26 Å². The molecule has 0 aliphatic carbocycles. The third-order valence-corrected chi connectivity index (χ3v) is 1.79. The molecular weight excluding hydrogens is 203 g/mol. The van der Waals surface area contributed by atoms with E-state index >= 15 is 0 Å². The number of nitro groups is 1. The smallest absolute Gasteiger partial charge is 0.294 e. The molecule has 6 heteroatoms. The molecule has 0 unspecified atom stereocenters. The molecule has 0 aliphatic heterocycles. The van der Waals surface area contributed by atoms with Crippen molar-refractivity contribution in [1.82, 2.24) is 0 Å². The fourth-order valence-corrected chi connectivity index (χ4v) is 1.14. The zero-order valence-corrected chi connectivity index (χ0v) is 7.65. The second-order valence-corrected chi connectivity index (χ2v) is 2.75. The SMILES string of the molecule is CC(=O)c1c(C#N)ccc([N+](=O)[O-])c1F. The summed E-state index contributed by atoms with van der Waals surface area (Å²) in [5, 5.41) is 19.0. The summed E-state index contributed by atoms with van der Waals surface area (Å²) in [4.78, 5) is 20.4. The van der Waals surface area contributed by atoms with E-state index in [0.717, 1.165) is 19.1 Å². The summed E-state index contributed by atoms with van der Waals surface area (Å²) in [5.41, 5.74) is -1.54. The number of nitro benzene ring substituents is 1. The van der Waals surface area contributed by atoms with Gasteiger partial charge in [0.15, 0.2) is 5.78 Å². The van der Waals surface area contributed by atoms with Gasteiger partial charge in [0.05, 0.1) is 22.1 Å². The van der Waals surface area contributed by atoms with Gasteiger partial charge in [-0.1, -0.05) is 0 Å². The second kappa shape index (κ2) is 3.84. The van der Waals surface area contributed by atoms with Crippen molar-refractivity contribution in [3.05, 3.63) is 39.2 Å². The predicted octanol–water partition coefficient (Wildman–Crippen LogP) is 1.81. The van der Waals surface area contributed by atoms with Gasteiger partial charge in [0.25, 0.3) is 0 Å². The molecule has 15 heavy (non-hydrogen) atoms. The van der Waals surface area contributed by atoms with Crippen LogP contribution in [0.2, 0.25) is 0 Å². The Hall–Kier alpha value is -2.29. The molecule has 0 heterocycles. The van der Waals surface area contributed by atoms with Crippen LogP contribution in [0.1, 0.15) is 22.8 Å². The van der Waals surface area contributed by atoms with Crippen LogP contribution in [0.5, 0.6) is 0 Å². The Labute approximate surface area is 83.9 Å². The molecule has 1 aromatic carbocycles. The normalized spacial score (nSPS) is 9.40. The Morgan fingerprint density at radius 1 is 1.60 bits per heavy atom. The van der Waals surface area contributed by atoms with Gasteiger partial charge >= 0.3 is 5.69 Å². The summed E-state index contributed by atoms with van der Waals surface area (Å²) in [5.74, 6) is -1.97. The highest BCUT2D eigenvalue weighted by molar-refractivity contribution is 5.97. The summed E-state index contributed by atoms with van der Waals surface area (Å²) >= 11 is 0. The van der Waals surface area contributed by atoms with E-state index in [1.807, 2.05) is 0 Å². The van der Waals surface area contributed by atoms with E-state index in [1.54, 1.807) is 6.07 Å². The molecule has 0 radical (unpaired) electrons. The van der Waals surface area contributed by atoms with Crippen LogP contribution in [0.3, 0.4) is 0 Å². The number of ketones is 1. The van der Waals surface area contributed by atoms with Crippen LogP contribution in [0, 0.1) is 27.3 Å². The van der Waals surface area contributed by atoms with Crippen LogP contribution < -0.4 is 0 Å². The van der Waals surface area contributed by atoms with Crippen molar-refractivity contribution >= 4 is 11.5 Å². The Bertz CT molecular complexity index is 491. The number of hydrogen-bond acceptors (Lipinski definition) is 4. The molecule has 0 amide bonds. The topological polar surface area (TPSA) is 84.0 Å². The first-order valence-electron chi connectivity index (χ1n) is 3.87. The van der Waals surface area contributed by atoms with Crippen LogP contribution in [0.15, 0.2) is 12.1 Å². The van der Waals surface area contributed by atoms with E-state index < -0.39 is 27.8 Å². The van der Waals surface area contributed by atoms with Crippen LogP contribution in [-0.2, 0) is 0 Å². The average molecular weight is 208 g/mol. The van der Waals surface area contributed by atoms with Crippen LogP contribution in [-0.4, -0.2) is 10.7 Å². The summed E-state index contributed by atoms with van der Waals surface area (Å²) in [7, 11) is 0. The molecule has 0 aliphatic rings. The molecule has 0 bridgehead atoms. The van der Waals surface area contributed by atoms with Crippen LogP contribution in [0.4, 0.5) is 10.1 Å². The quantitative estimate of drug-likeness (QED) is 0.421. The van der Waals surface area contributed by atoms with Gasteiger partial charge in [-0.2, -0.15) is 9.65 Å². The number of halogens is 1. The van der Waals surface area contributed by atoms with Gasteiger partial charge in [-0.25, -0.2) is 0 Å². The lowest BCUT2D eigenvalue weighted by molar-refractivity contribution is -0.387. The standard InChI is InChI=1S/C9H5FN2O3/c1-5(13)8-6(4-11)2-3-7(9(8)10)12(14)15/h2-3H,1H3. The largest absolute Gasteiger partial charge is 0.305 e. The number of carbonyl (C=O) groups excluding carboxylic acids is 1. The highest BCUT2D eigenvalue weighted by atomic mass is 19.1. The van der Waals surface area contributed by atoms with Crippen molar-refractivity contribution in [3.8, 4) is 6.07 Å². The summed E-state index contributed by atoms with van der Waals surface area (Å²) in [6, 6.07) is 3.52. The third kappa shape index (κ3) is 1.81. The van der Waals surface area contributed by atoms with Crippen LogP contribution in [0.25, 0.3) is 0 Å². The minimum atomic E-state index is -1.26. The highest BCUT2D eigenvalue weighted by Crippen LogP contribution is 2.23. The van der Waals surface area contributed by atoms with E-state index in [0.29, 0.717) is 0 Å². The maximum Gasteiger partial charge on any atom is 0.305 e. The minimum absolute atomic E-state index is 0.203. The summed E-state index contributed by atoms with van der Waals surface area (Å²) < 4.78 is 13.4. The van der Waals surface area contributed by atoms with Crippen molar-refractivity contribution in [2.45, 2.75) is 6.92 Å². The third-order valence-electron chi connectivity index (χ3n) is 1.79. The number of carbonyl (C=O) groups is 1. The lowest BCUT2D eigenvalue weighted by Gasteiger charge is -2.01. The molecule has 76 valence electrons. The minimum Gasteiger partial charge on any atom is -0.294 e. The summed E-state index contributed by atoms with van der Waals surface area (Å²) in [6.45, 7) is 1.04. The van der Waals surface area contributed by atoms with Gasteiger partial charge in [-0.15, -0.1) is 0 Å². The Morgan fingerprint density at radius 2 is 2.20 bits per heavy atom. The Balaban J connectivity index is 3.58. The number of nitrogens with zero attached hydrogens (tertiary/aromatic N) is 2. The van der Waals surface area contributed by atoms with Gasteiger partial charge in [0.1, 0.15) is 0 Å². The van der Waals surface area contributed by atoms with E-state index in [4.69, 9.17) is 5.26 Å². The maximum atomic E-state index is 13.4. The monoisotopic (exact) mass is 208 g/mol. The molecule has 0 aromatic heterocycles. The Morgan fingerprint density at radius 3 is 2.60 bits per heavy atom. The number of hydrogen-bond donors (Lipinski definition) is 0. The van der Waals surface area contributed by atoms with Crippen molar-refractivity contribution in [2.24, 2.45) is 0 Å². The van der Waals surface area contributed by atoms with Crippen LogP contribution >= 0.6 is 0 Å². The van der Waals surface area contributed by atoms with Gasteiger partial charge in [-0.3, -0.25) is 14.9 Å². The van der Waals surface area contributed by atoms with Gasteiger partial charge in [-0.05, 0) is 13.0 Å². The fourth-order valence-electron chi connectivity index (χ4n) is 1.14. The molecule has 1 aromatic rings. The first-order valence-corrected chi connectivity index (χ1v) is 3.87. The first kappa shape index (κ1) is 10.8. The zero-order valence-electron chi connectivity index (χ0n) is 7.65. The predicted molar refractivity (Wildman–Crippen MR) is 47.8 cm³/mol. The molecule has 0 fully saturated rings. The van der Waals surface area contributed by atoms with Gasteiger partial charge in [0.2, 0.25) is 5.82 Å². The molecule has 5 nitrogen and oxygen atoms in total. The second-order valence-electron chi connectivity index (χ2n) is 2.75. The number of nitriles is 1. The molecule has 0 atom stereocenters. The summed E-state index contributed by atoms with van der Waals surface area (Å²) in [6.07, 6.45) is 0.